The minimum Gasteiger partial charge on any atom is -0.388 e. The first-order valence-corrected chi connectivity index (χ1v) is 12.3. The Morgan fingerprint density at radius 2 is 1.42 bits per heavy atom. The van der Waals surface area contributed by atoms with Crippen LogP contribution in [0.4, 0.5) is 0 Å². The van der Waals surface area contributed by atoms with Crippen LogP contribution in [0.2, 0.25) is 0 Å². The van der Waals surface area contributed by atoms with Crippen molar-refractivity contribution in [1.82, 2.24) is 9.80 Å². The first-order valence-electron chi connectivity index (χ1n) is 10.2. The summed E-state index contributed by atoms with van der Waals surface area (Å²) in [5, 5.41) is 21.5. The summed E-state index contributed by atoms with van der Waals surface area (Å²) < 4.78 is 5.27. The number of fused-ring (bicyclic) bond motifs is 3. The predicted octanol–water partition coefficient (Wildman–Crippen LogP) is -1.53. The molecule has 7 fully saturated rings. The lowest BCUT2D eigenvalue weighted by molar-refractivity contribution is -0.175. The highest BCUT2D eigenvalue weighted by Crippen LogP contribution is 2.69. The zero-order valence-electron chi connectivity index (χ0n) is 16.4. The smallest absolute Gasteiger partial charge is 0.261 e. The van der Waals surface area contributed by atoms with E-state index in [2.05, 4.69) is 0 Å². The molecule has 0 aromatic rings. The van der Waals surface area contributed by atoms with Crippen LogP contribution in [0.25, 0.3) is 0 Å². The van der Waals surface area contributed by atoms with Gasteiger partial charge in [-0.3, -0.25) is 24.0 Å². The van der Waals surface area contributed by atoms with E-state index >= 15 is 0 Å². The number of carbonyl (C=O) groups is 5. The van der Waals surface area contributed by atoms with Crippen LogP contribution in [0.1, 0.15) is 25.7 Å². The van der Waals surface area contributed by atoms with Crippen molar-refractivity contribution < 1.29 is 38.9 Å². The number of aliphatic hydroxyl groups excluding tert-OH is 2. The molecule has 2 amide bonds. The zero-order chi connectivity index (χ0) is 22.0. The normalized spacial score (nSPS) is 50.5. The molecule has 2 saturated carbocycles. The van der Waals surface area contributed by atoms with Gasteiger partial charge in [0.25, 0.3) is 11.8 Å². The van der Waals surface area contributed by atoms with Crippen molar-refractivity contribution in [2.45, 2.75) is 65.8 Å². The molecular weight excluding hydrogens is 448 g/mol. The Kier molecular flexibility index (Phi) is 3.97. The Labute approximate surface area is 184 Å². The van der Waals surface area contributed by atoms with E-state index in [1.54, 1.807) is 0 Å². The molecular formula is C19H20N2O8S2. The van der Waals surface area contributed by atoms with Gasteiger partial charge in [-0.1, -0.05) is 21.6 Å². The van der Waals surface area contributed by atoms with Crippen LogP contribution in [0.15, 0.2) is 0 Å². The average molecular weight is 469 g/mol. The molecule has 5 saturated heterocycles. The summed E-state index contributed by atoms with van der Waals surface area (Å²) in [6.45, 7) is 0. The molecule has 0 aromatic carbocycles. The molecule has 31 heavy (non-hydrogen) atoms. The van der Waals surface area contributed by atoms with Crippen molar-refractivity contribution >= 4 is 50.8 Å². The van der Waals surface area contributed by atoms with Gasteiger partial charge in [-0.25, -0.2) is 0 Å². The molecule has 10 nitrogen and oxygen atoms in total. The van der Waals surface area contributed by atoms with E-state index in [0.717, 1.165) is 0 Å². The van der Waals surface area contributed by atoms with Crippen LogP contribution < -0.4 is 0 Å². The molecule has 5 heterocycles. The van der Waals surface area contributed by atoms with Gasteiger partial charge in [0.2, 0.25) is 0 Å². The lowest BCUT2D eigenvalue weighted by Crippen LogP contribution is -2.78. The van der Waals surface area contributed by atoms with Gasteiger partial charge in [0.1, 0.15) is 23.8 Å². The highest BCUT2D eigenvalue weighted by Gasteiger charge is 2.80. The summed E-state index contributed by atoms with van der Waals surface area (Å²) in [6, 6.07) is -1.97. The lowest BCUT2D eigenvalue weighted by atomic mass is 9.79. The number of Topliss-reactive ketones (excluding diaryl/α,β-unsaturated/α-hetero) is 3. The highest BCUT2D eigenvalue weighted by molar-refractivity contribution is 8.78. The third kappa shape index (κ3) is 2.11. The molecule has 9 atom stereocenters. The Morgan fingerprint density at radius 1 is 0.871 bits per heavy atom. The standard InChI is InChI=1S/C19H20N2O8S2/c1-29-11-3-9(23)7-5-19-16(27)20-12-6(8(22)2-10(24)14(12)25)4-18(20,30-31-19)17(28)21(19)13(7)15(11)26/h6-7,11-15,25-26H,2-5H2,1H3/t6-,7-,11+,12-,13-,14-,15-,18+,19+/m0/s1. The van der Waals surface area contributed by atoms with E-state index in [1.807, 2.05) is 0 Å². The number of ether oxygens (including phenoxy) is 1. The van der Waals surface area contributed by atoms with Crippen molar-refractivity contribution in [2.24, 2.45) is 11.8 Å². The fraction of sp³-hybridized carbons (Fsp3) is 0.737. The second kappa shape index (κ2) is 6.10. The summed E-state index contributed by atoms with van der Waals surface area (Å²) in [5.74, 6) is -3.62. The summed E-state index contributed by atoms with van der Waals surface area (Å²) in [5.41, 5.74) is 0. The molecule has 2 bridgehead atoms. The summed E-state index contributed by atoms with van der Waals surface area (Å²) in [4.78, 5) is 65.2. The topological polar surface area (TPSA) is 142 Å². The van der Waals surface area contributed by atoms with Crippen LogP contribution in [0.5, 0.6) is 0 Å². The summed E-state index contributed by atoms with van der Waals surface area (Å²) in [6.07, 6.45) is -3.78. The monoisotopic (exact) mass is 468 g/mol. The van der Waals surface area contributed by atoms with Gasteiger partial charge < -0.3 is 24.7 Å². The van der Waals surface area contributed by atoms with Crippen molar-refractivity contribution in [3.05, 3.63) is 0 Å². The van der Waals surface area contributed by atoms with Gasteiger partial charge in [-0.05, 0) is 0 Å². The number of aliphatic hydroxyl groups is 2. The number of nitrogens with zero attached hydrogens (tertiary/aromatic N) is 2. The molecule has 2 spiro atoms. The van der Waals surface area contributed by atoms with Crippen LogP contribution in [-0.4, -0.2) is 96.4 Å². The predicted molar refractivity (Wildman–Crippen MR) is 105 cm³/mol. The Morgan fingerprint density at radius 3 is 2.00 bits per heavy atom. The number of ketones is 3. The molecule has 0 aromatic heterocycles. The maximum atomic E-state index is 13.9. The van der Waals surface area contributed by atoms with Crippen molar-refractivity contribution in [3.8, 4) is 0 Å². The van der Waals surface area contributed by atoms with Crippen molar-refractivity contribution in [1.29, 1.82) is 0 Å². The molecule has 2 N–H and O–H groups in total. The van der Waals surface area contributed by atoms with Gasteiger partial charge in [0.15, 0.2) is 15.5 Å². The number of rotatable bonds is 1. The van der Waals surface area contributed by atoms with Gasteiger partial charge in [-0.2, -0.15) is 0 Å². The molecule has 0 unspecified atom stereocenters. The number of methoxy groups -OCH3 is 1. The van der Waals surface area contributed by atoms with E-state index in [0.29, 0.717) is 0 Å². The average Bonchev–Trinajstić information content (AvgIpc) is 3.28. The van der Waals surface area contributed by atoms with Gasteiger partial charge >= 0.3 is 0 Å². The number of carbonyl (C=O) groups excluding carboxylic acids is 5. The number of hydrogen-bond acceptors (Lipinski definition) is 10. The molecule has 12 heteroatoms. The van der Waals surface area contributed by atoms with Gasteiger partial charge in [-0.15, -0.1) is 0 Å². The number of piperazine rings is 1. The van der Waals surface area contributed by atoms with Crippen molar-refractivity contribution in [2.75, 3.05) is 7.11 Å². The van der Waals surface area contributed by atoms with Crippen LogP contribution in [0, 0.1) is 11.8 Å². The second-order valence-corrected chi connectivity index (χ2v) is 11.9. The number of amides is 2. The lowest BCUT2D eigenvalue weighted by Gasteiger charge is -2.59. The molecule has 166 valence electrons. The fourth-order valence-electron chi connectivity index (χ4n) is 6.46. The molecule has 2 aliphatic carbocycles. The maximum Gasteiger partial charge on any atom is 0.261 e. The molecule has 0 radical (unpaired) electrons. The van der Waals surface area contributed by atoms with E-state index in [-0.39, 0.29) is 30.8 Å². The quantitative estimate of drug-likeness (QED) is 0.344. The van der Waals surface area contributed by atoms with Crippen LogP contribution in [0.3, 0.4) is 0 Å². The minimum absolute atomic E-state index is 0.00418. The second-order valence-electron chi connectivity index (χ2n) is 9.18. The first kappa shape index (κ1) is 20.2. The Hall–Kier alpha value is -1.47. The Bertz CT molecular complexity index is 975. The van der Waals surface area contributed by atoms with E-state index in [9.17, 15) is 34.2 Å². The van der Waals surface area contributed by atoms with Crippen LogP contribution >= 0.6 is 21.6 Å². The third-order valence-corrected chi connectivity index (χ3v) is 11.5. The van der Waals surface area contributed by atoms with E-state index < -0.39 is 76.0 Å². The highest BCUT2D eigenvalue weighted by atomic mass is 33.1. The molecule has 7 rings (SSSR count). The largest absolute Gasteiger partial charge is 0.388 e. The summed E-state index contributed by atoms with van der Waals surface area (Å²) >= 11 is 0. The molecule has 7 aliphatic rings. The zero-order valence-corrected chi connectivity index (χ0v) is 18.1. The van der Waals surface area contributed by atoms with E-state index in [4.69, 9.17) is 4.74 Å². The maximum absolute atomic E-state index is 13.9. The summed E-state index contributed by atoms with van der Waals surface area (Å²) in [7, 11) is 3.74. The van der Waals surface area contributed by atoms with E-state index in [1.165, 1.54) is 38.5 Å². The van der Waals surface area contributed by atoms with Gasteiger partial charge in [0.05, 0.1) is 24.6 Å². The first-order chi connectivity index (χ1) is 14.7. The minimum atomic E-state index is -1.53. The fourth-order valence-corrected chi connectivity index (χ4v) is 10.3. The SMILES string of the molecule is CO[C@@H]1CC(=O)[C@@H]2C[C@@]34SS[C@]5(C[C@H]6C(=O)CC(=O)[C@H](O)[C@H]6N5C3=O)C(=O)N4[C@@H]2[C@H]1O. The number of hydrogen-bond donors (Lipinski definition) is 2. The van der Waals surface area contributed by atoms with Gasteiger partial charge in [0, 0.05) is 38.2 Å². The molecule has 5 aliphatic heterocycles. The van der Waals surface area contributed by atoms with Crippen molar-refractivity contribution in [3.63, 3.8) is 0 Å². The Balaban J connectivity index is 1.49. The third-order valence-electron chi connectivity index (χ3n) is 7.88. The van der Waals surface area contributed by atoms with Crippen LogP contribution in [-0.2, 0) is 28.7 Å².